The van der Waals surface area contributed by atoms with Gasteiger partial charge in [-0.2, -0.15) is 17.4 Å². The van der Waals surface area contributed by atoms with Crippen LogP contribution in [-0.2, 0) is 15.0 Å². The standard InChI is InChI=1S/C16H18ClN3O5S/c1-20-13(9-12(19-26(20,22)23)15-4-3-7-25-15)16(21)18-11-8-10(17)5-6-14(11)24-2/h3-8,12-13,19H,9H2,1-2H3,(H,18,21)/t12-,13+/m0/s1. The van der Waals surface area contributed by atoms with Gasteiger partial charge in [0.25, 0.3) is 10.2 Å². The number of benzene rings is 1. The third kappa shape index (κ3) is 3.70. The normalized spacial score (nSPS) is 22.7. The van der Waals surface area contributed by atoms with Crippen LogP contribution in [0.4, 0.5) is 5.69 Å². The van der Waals surface area contributed by atoms with Crippen LogP contribution < -0.4 is 14.8 Å². The highest BCUT2D eigenvalue weighted by molar-refractivity contribution is 7.87. The molecule has 1 fully saturated rings. The molecule has 2 heterocycles. The molecule has 0 aliphatic carbocycles. The first-order chi connectivity index (χ1) is 12.3. The molecular weight excluding hydrogens is 382 g/mol. The predicted molar refractivity (Wildman–Crippen MR) is 96.3 cm³/mol. The van der Waals surface area contributed by atoms with Crippen LogP contribution in [0.3, 0.4) is 0 Å². The summed E-state index contributed by atoms with van der Waals surface area (Å²) < 4.78 is 38.8. The maximum Gasteiger partial charge on any atom is 0.280 e. The van der Waals surface area contributed by atoms with E-state index in [1.807, 2.05) is 0 Å². The van der Waals surface area contributed by atoms with Gasteiger partial charge in [0, 0.05) is 12.1 Å². The molecule has 1 amide bonds. The number of nitrogens with zero attached hydrogens (tertiary/aromatic N) is 1. The summed E-state index contributed by atoms with van der Waals surface area (Å²) in [7, 11) is -1.03. The second-order valence-corrected chi connectivity index (χ2v) is 7.99. The van der Waals surface area contributed by atoms with Crippen LogP contribution in [0.25, 0.3) is 0 Å². The summed E-state index contributed by atoms with van der Waals surface area (Å²) in [5.74, 6) is 0.374. The van der Waals surface area contributed by atoms with Gasteiger partial charge >= 0.3 is 0 Å². The number of amides is 1. The summed E-state index contributed by atoms with van der Waals surface area (Å²) in [6.07, 6.45) is 1.66. The molecule has 1 aliphatic rings. The van der Waals surface area contributed by atoms with E-state index < -0.39 is 28.2 Å². The Labute approximate surface area is 156 Å². The monoisotopic (exact) mass is 399 g/mol. The Morgan fingerprint density at radius 2 is 2.19 bits per heavy atom. The highest BCUT2D eigenvalue weighted by Crippen LogP contribution is 2.31. The van der Waals surface area contributed by atoms with Crippen molar-refractivity contribution in [3.63, 3.8) is 0 Å². The molecule has 8 nitrogen and oxygen atoms in total. The summed E-state index contributed by atoms with van der Waals surface area (Å²) in [4.78, 5) is 12.8. The van der Waals surface area contributed by atoms with Crippen molar-refractivity contribution in [2.75, 3.05) is 19.5 Å². The zero-order valence-corrected chi connectivity index (χ0v) is 15.7. The molecule has 0 bridgehead atoms. The number of carbonyl (C=O) groups excluding carboxylic acids is 1. The molecule has 1 aliphatic heterocycles. The molecular formula is C16H18ClN3O5S. The molecule has 1 aromatic carbocycles. The number of hydrogen-bond donors (Lipinski definition) is 2. The number of furan rings is 1. The third-order valence-electron chi connectivity index (χ3n) is 4.18. The third-order valence-corrected chi connectivity index (χ3v) is 6.01. The van der Waals surface area contributed by atoms with Gasteiger partial charge in [0.1, 0.15) is 17.6 Å². The maximum atomic E-state index is 12.8. The van der Waals surface area contributed by atoms with Crippen LogP contribution in [-0.4, -0.2) is 38.8 Å². The molecule has 3 rings (SSSR count). The molecule has 2 N–H and O–H groups in total. The van der Waals surface area contributed by atoms with Crippen molar-refractivity contribution >= 4 is 33.4 Å². The van der Waals surface area contributed by atoms with E-state index in [1.165, 1.54) is 26.5 Å². The second-order valence-electron chi connectivity index (χ2n) is 5.79. The minimum atomic E-state index is -3.84. The lowest BCUT2D eigenvalue weighted by molar-refractivity contribution is -0.120. The Balaban J connectivity index is 1.86. The summed E-state index contributed by atoms with van der Waals surface area (Å²) in [5, 5.41) is 3.11. The van der Waals surface area contributed by atoms with Gasteiger partial charge in [-0.25, -0.2) is 0 Å². The van der Waals surface area contributed by atoms with E-state index in [0.29, 0.717) is 22.2 Å². The van der Waals surface area contributed by atoms with Gasteiger partial charge in [-0.1, -0.05) is 11.6 Å². The molecule has 140 valence electrons. The molecule has 1 saturated heterocycles. The number of methoxy groups -OCH3 is 1. The molecule has 0 spiro atoms. The number of hydrogen-bond acceptors (Lipinski definition) is 5. The van der Waals surface area contributed by atoms with Crippen molar-refractivity contribution < 1.29 is 22.4 Å². The number of anilines is 1. The first kappa shape index (κ1) is 18.7. The van der Waals surface area contributed by atoms with Gasteiger partial charge in [-0.05, 0) is 36.8 Å². The number of ether oxygens (including phenoxy) is 1. The van der Waals surface area contributed by atoms with Gasteiger partial charge in [-0.3, -0.25) is 4.79 Å². The summed E-state index contributed by atoms with van der Waals surface area (Å²) >= 11 is 5.97. The highest BCUT2D eigenvalue weighted by Gasteiger charge is 2.41. The maximum absolute atomic E-state index is 12.8. The van der Waals surface area contributed by atoms with E-state index in [2.05, 4.69) is 10.0 Å². The van der Waals surface area contributed by atoms with Crippen molar-refractivity contribution in [1.82, 2.24) is 9.03 Å². The Morgan fingerprint density at radius 1 is 1.42 bits per heavy atom. The summed E-state index contributed by atoms with van der Waals surface area (Å²) in [6.45, 7) is 0. The second kappa shape index (κ2) is 7.28. The zero-order chi connectivity index (χ0) is 18.9. The van der Waals surface area contributed by atoms with Gasteiger partial charge in [0.15, 0.2) is 0 Å². The fraction of sp³-hybridized carbons (Fsp3) is 0.312. The lowest BCUT2D eigenvalue weighted by Crippen LogP contribution is -2.55. The lowest BCUT2D eigenvalue weighted by atomic mass is 10.0. The molecule has 0 radical (unpaired) electrons. The fourth-order valence-electron chi connectivity index (χ4n) is 2.78. The van der Waals surface area contributed by atoms with Crippen molar-refractivity contribution in [3.8, 4) is 5.75 Å². The van der Waals surface area contributed by atoms with Gasteiger partial charge < -0.3 is 14.5 Å². The van der Waals surface area contributed by atoms with E-state index in [1.54, 1.807) is 24.3 Å². The van der Waals surface area contributed by atoms with Crippen molar-refractivity contribution in [3.05, 3.63) is 47.4 Å². The molecule has 0 unspecified atom stereocenters. The topological polar surface area (TPSA) is 101 Å². The summed E-state index contributed by atoms with van der Waals surface area (Å²) in [6, 6.07) is 6.54. The SMILES string of the molecule is COc1ccc(Cl)cc1NC(=O)[C@H]1C[C@@H](c2ccco2)NS(=O)(=O)N1C. The van der Waals surface area contributed by atoms with Crippen molar-refractivity contribution in [2.24, 2.45) is 0 Å². The van der Waals surface area contributed by atoms with Crippen LogP contribution in [0, 0.1) is 0 Å². The minimum absolute atomic E-state index is 0.206. The number of likely N-dealkylation sites (N-methyl/N-ethyl adjacent to an activating group) is 1. The first-order valence-corrected chi connectivity index (χ1v) is 9.56. The number of carbonyl (C=O) groups is 1. The largest absolute Gasteiger partial charge is 0.495 e. The van der Waals surface area contributed by atoms with Gasteiger partial charge in [-0.15, -0.1) is 0 Å². The smallest absolute Gasteiger partial charge is 0.280 e. The molecule has 26 heavy (non-hydrogen) atoms. The predicted octanol–water partition coefficient (Wildman–Crippen LogP) is 2.16. The highest BCUT2D eigenvalue weighted by atomic mass is 35.5. The average Bonchev–Trinajstić information content (AvgIpc) is 3.12. The average molecular weight is 400 g/mol. The van der Waals surface area contributed by atoms with Crippen LogP contribution in [0.5, 0.6) is 5.75 Å². The van der Waals surface area contributed by atoms with E-state index in [-0.39, 0.29) is 6.42 Å². The fourth-order valence-corrected chi connectivity index (χ4v) is 4.21. The molecule has 1 aromatic heterocycles. The number of nitrogens with one attached hydrogen (secondary N) is 2. The number of rotatable bonds is 4. The van der Waals surface area contributed by atoms with Gasteiger partial charge in [0.05, 0.1) is 25.1 Å². The quantitative estimate of drug-likeness (QED) is 0.820. The zero-order valence-electron chi connectivity index (χ0n) is 14.1. The Hall–Kier alpha value is -2.07. The summed E-state index contributed by atoms with van der Waals surface area (Å²) in [5.41, 5.74) is 0.365. The molecule has 0 saturated carbocycles. The molecule has 2 aromatic rings. The molecule has 2 atom stereocenters. The van der Waals surface area contributed by atoms with Crippen LogP contribution in [0.15, 0.2) is 41.0 Å². The van der Waals surface area contributed by atoms with E-state index in [4.69, 9.17) is 20.8 Å². The van der Waals surface area contributed by atoms with E-state index >= 15 is 0 Å². The van der Waals surface area contributed by atoms with Crippen molar-refractivity contribution in [1.29, 1.82) is 0 Å². The van der Waals surface area contributed by atoms with E-state index in [0.717, 1.165) is 4.31 Å². The van der Waals surface area contributed by atoms with Crippen LogP contribution in [0.2, 0.25) is 5.02 Å². The Bertz CT molecular complexity index is 901. The Morgan fingerprint density at radius 3 is 2.85 bits per heavy atom. The number of halogens is 1. The first-order valence-electron chi connectivity index (χ1n) is 7.75. The van der Waals surface area contributed by atoms with E-state index in [9.17, 15) is 13.2 Å². The lowest BCUT2D eigenvalue weighted by Gasteiger charge is -2.35. The van der Waals surface area contributed by atoms with Gasteiger partial charge in [0.2, 0.25) is 5.91 Å². The minimum Gasteiger partial charge on any atom is -0.495 e. The molecule has 10 heteroatoms. The van der Waals surface area contributed by atoms with Crippen molar-refractivity contribution in [2.45, 2.75) is 18.5 Å². The van der Waals surface area contributed by atoms with Crippen LogP contribution >= 0.6 is 11.6 Å². The Kier molecular flexibility index (Phi) is 5.24. The van der Waals surface area contributed by atoms with Crippen LogP contribution in [0.1, 0.15) is 18.2 Å².